The number of amides is 1. The predicted octanol–water partition coefficient (Wildman–Crippen LogP) is 6.49. The highest BCUT2D eigenvalue weighted by Gasteiger charge is 2.34. The van der Waals surface area contributed by atoms with E-state index in [1.54, 1.807) is 11.2 Å². The van der Waals surface area contributed by atoms with Gasteiger partial charge in [0.25, 0.3) is 5.91 Å². The van der Waals surface area contributed by atoms with Crippen LogP contribution in [0.25, 0.3) is 11.8 Å². The molecule has 0 atom stereocenters. The topological polar surface area (TPSA) is 50.7 Å². The second-order valence-electron chi connectivity index (χ2n) is 7.81. The molecule has 1 amide bonds. The highest BCUT2D eigenvalue weighted by molar-refractivity contribution is 8.18. The van der Waals surface area contributed by atoms with E-state index in [-0.39, 0.29) is 5.91 Å². The Kier molecular flexibility index (Phi) is 5.75. The number of para-hydroxylation sites is 2. The maximum Gasteiger partial charge on any atom is 0.267 e. The molecule has 2 aromatic carbocycles. The molecule has 4 aromatic rings. The standard InChI is InChI=1S/C27H23N3O2S/c1-19-16-21(20(2)30(19)23-12-7-4-8-13-23)17-25-26(31)29(18-24-14-9-15-32-24)27(33-25)28-22-10-5-3-6-11-22/h3-17H,18H2,1-2H3/b25-17+,28-27?. The molecule has 5 nitrogen and oxygen atoms in total. The van der Waals surface area contributed by atoms with Crippen molar-refractivity contribution in [1.29, 1.82) is 0 Å². The molecule has 0 bridgehead atoms. The first kappa shape index (κ1) is 21.1. The minimum atomic E-state index is -0.0735. The Morgan fingerprint density at radius 3 is 2.39 bits per heavy atom. The lowest BCUT2D eigenvalue weighted by Gasteiger charge is -2.13. The van der Waals surface area contributed by atoms with E-state index in [0.29, 0.717) is 22.4 Å². The average Bonchev–Trinajstić information content (AvgIpc) is 3.51. The van der Waals surface area contributed by atoms with Crippen molar-refractivity contribution in [2.45, 2.75) is 20.4 Å². The Morgan fingerprint density at radius 1 is 0.970 bits per heavy atom. The molecule has 2 aromatic heterocycles. The smallest absolute Gasteiger partial charge is 0.267 e. The summed E-state index contributed by atoms with van der Waals surface area (Å²) in [6.07, 6.45) is 3.59. The summed E-state index contributed by atoms with van der Waals surface area (Å²) < 4.78 is 7.71. The van der Waals surface area contributed by atoms with Gasteiger partial charge in [-0.15, -0.1) is 0 Å². The van der Waals surface area contributed by atoms with Crippen LogP contribution >= 0.6 is 11.8 Å². The molecule has 0 radical (unpaired) electrons. The highest BCUT2D eigenvalue weighted by atomic mass is 32.2. The van der Waals surface area contributed by atoms with Crippen molar-refractivity contribution < 1.29 is 9.21 Å². The number of carbonyl (C=O) groups is 1. The molecule has 0 aliphatic carbocycles. The number of aryl methyl sites for hydroxylation is 1. The van der Waals surface area contributed by atoms with E-state index in [9.17, 15) is 4.79 Å². The van der Waals surface area contributed by atoms with E-state index in [1.165, 1.54) is 11.8 Å². The zero-order chi connectivity index (χ0) is 22.8. The summed E-state index contributed by atoms with van der Waals surface area (Å²) in [5.74, 6) is 0.642. The monoisotopic (exact) mass is 453 g/mol. The van der Waals surface area contributed by atoms with E-state index in [1.807, 2.05) is 66.7 Å². The lowest BCUT2D eigenvalue weighted by Crippen LogP contribution is -2.28. The summed E-state index contributed by atoms with van der Waals surface area (Å²) in [4.78, 5) is 20.5. The van der Waals surface area contributed by atoms with Gasteiger partial charge in [-0.3, -0.25) is 9.69 Å². The van der Waals surface area contributed by atoms with Crippen LogP contribution in [0.3, 0.4) is 0 Å². The van der Waals surface area contributed by atoms with Crippen molar-refractivity contribution in [3.63, 3.8) is 0 Å². The molecule has 0 N–H and O–H groups in total. The molecule has 164 valence electrons. The molecule has 1 aliphatic rings. The molecule has 1 fully saturated rings. The minimum Gasteiger partial charge on any atom is -0.467 e. The lowest BCUT2D eigenvalue weighted by atomic mass is 10.2. The van der Waals surface area contributed by atoms with Gasteiger partial charge >= 0.3 is 0 Å². The van der Waals surface area contributed by atoms with E-state index in [4.69, 9.17) is 9.41 Å². The Morgan fingerprint density at radius 2 is 1.70 bits per heavy atom. The highest BCUT2D eigenvalue weighted by Crippen LogP contribution is 2.36. The molecule has 1 saturated heterocycles. The number of carbonyl (C=O) groups excluding carboxylic acids is 1. The van der Waals surface area contributed by atoms with Gasteiger partial charge in [-0.25, -0.2) is 4.99 Å². The molecule has 3 heterocycles. The van der Waals surface area contributed by atoms with Gasteiger partial charge in [-0.1, -0.05) is 36.4 Å². The molecule has 1 aliphatic heterocycles. The molecular formula is C27H23N3O2S. The summed E-state index contributed by atoms with van der Waals surface area (Å²) >= 11 is 1.39. The second kappa shape index (κ2) is 9.00. The Hall–Kier alpha value is -3.77. The first-order chi connectivity index (χ1) is 16.1. The van der Waals surface area contributed by atoms with Gasteiger partial charge in [0.05, 0.1) is 23.4 Å². The van der Waals surface area contributed by atoms with Crippen LogP contribution in [0, 0.1) is 13.8 Å². The third-order valence-corrected chi connectivity index (χ3v) is 6.54. The number of amidine groups is 1. The number of aromatic nitrogens is 1. The Bertz CT molecular complexity index is 1340. The summed E-state index contributed by atoms with van der Waals surface area (Å²) in [6.45, 7) is 4.50. The Labute approximate surface area is 197 Å². The molecule has 0 saturated carbocycles. The van der Waals surface area contributed by atoms with Crippen molar-refractivity contribution in [2.24, 2.45) is 4.99 Å². The first-order valence-corrected chi connectivity index (χ1v) is 11.5. The summed E-state index contributed by atoms with van der Waals surface area (Å²) in [5, 5.41) is 0.644. The molecule has 6 heteroatoms. The summed E-state index contributed by atoms with van der Waals surface area (Å²) in [6, 6.07) is 25.7. The van der Waals surface area contributed by atoms with Gasteiger partial charge in [-0.05, 0) is 79.7 Å². The number of rotatable bonds is 5. The molecule has 0 unspecified atom stereocenters. The van der Waals surface area contributed by atoms with Gasteiger partial charge in [-0.2, -0.15) is 0 Å². The van der Waals surface area contributed by atoms with Crippen molar-refractivity contribution in [3.05, 3.63) is 113 Å². The summed E-state index contributed by atoms with van der Waals surface area (Å²) in [7, 11) is 0. The number of thioether (sulfide) groups is 1. The SMILES string of the molecule is Cc1cc(/C=C2/SC(=Nc3ccccc3)N(Cc3ccco3)C2=O)c(C)n1-c1ccccc1. The second-order valence-corrected chi connectivity index (χ2v) is 8.82. The molecule has 0 spiro atoms. The van der Waals surface area contributed by atoms with Crippen molar-refractivity contribution in [1.82, 2.24) is 9.47 Å². The number of furan rings is 1. The number of nitrogens with zero attached hydrogens (tertiary/aromatic N) is 3. The van der Waals surface area contributed by atoms with Crippen LogP contribution in [0.5, 0.6) is 0 Å². The fourth-order valence-electron chi connectivity index (χ4n) is 3.95. The van der Waals surface area contributed by atoms with Gasteiger partial charge < -0.3 is 8.98 Å². The Balaban J connectivity index is 1.52. The van der Waals surface area contributed by atoms with Crippen LogP contribution in [0.1, 0.15) is 22.7 Å². The maximum absolute atomic E-state index is 13.4. The molecule has 33 heavy (non-hydrogen) atoms. The normalized spacial score (nSPS) is 16.3. The first-order valence-electron chi connectivity index (χ1n) is 10.7. The van der Waals surface area contributed by atoms with Crippen molar-refractivity contribution >= 4 is 34.6 Å². The van der Waals surface area contributed by atoms with Gasteiger partial charge in [0.15, 0.2) is 5.17 Å². The van der Waals surface area contributed by atoms with E-state index >= 15 is 0 Å². The van der Waals surface area contributed by atoms with Crippen LogP contribution in [0.4, 0.5) is 5.69 Å². The fraction of sp³-hybridized carbons (Fsp3) is 0.111. The van der Waals surface area contributed by atoms with Crippen LogP contribution in [0.15, 0.2) is 99.4 Å². The average molecular weight is 454 g/mol. The van der Waals surface area contributed by atoms with Crippen LogP contribution in [-0.4, -0.2) is 20.5 Å². The van der Waals surface area contributed by atoms with Gasteiger partial charge in [0.2, 0.25) is 0 Å². The van der Waals surface area contributed by atoms with E-state index < -0.39 is 0 Å². The number of hydrogen-bond acceptors (Lipinski definition) is 4. The van der Waals surface area contributed by atoms with Gasteiger partial charge in [0, 0.05) is 17.1 Å². The zero-order valence-corrected chi connectivity index (χ0v) is 19.3. The number of hydrogen-bond donors (Lipinski definition) is 0. The summed E-state index contributed by atoms with van der Waals surface area (Å²) in [5.41, 5.74) is 5.14. The lowest BCUT2D eigenvalue weighted by molar-refractivity contribution is -0.122. The molecule has 5 rings (SSSR count). The van der Waals surface area contributed by atoms with Crippen molar-refractivity contribution in [2.75, 3.05) is 0 Å². The zero-order valence-electron chi connectivity index (χ0n) is 18.4. The van der Waals surface area contributed by atoms with Crippen LogP contribution in [0.2, 0.25) is 0 Å². The number of aliphatic imine (C=N–C) groups is 1. The third kappa shape index (κ3) is 4.30. The van der Waals surface area contributed by atoms with Crippen molar-refractivity contribution in [3.8, 4) is 5.69 Å². The maximum atomic E-state index is 13.4. The fourth-order valence-corrected chi connectivity index (χ4v) is 4.94. The van der Waals surface area contributed by atoms with Crippen LogP contribution in [-0.2, 0) is 11.3 Å². The predicted molar refractivity (Wildman–Crippen MR) is 134 cm³/mol. The van der Waals surface area contributed by atoms with E-state index in [0.717, 1.165) is 28.3 Å². The van der Waals surface area contributed by atoms with E-state index in [2.05, 4.69) is 36.6 Å². The van der Waals surface area contributed by atoms with Crippen LogP contribution < -0.4 is 0 Å². The largest absolute Gasteiger partial charge is 0.467 e. The number of benzene rings is 2. The quantitative estimate of drug-likeness (QED) is 0.325. The minimum absolute atomic E-state index is 0.0735. The van der Waals surface area contributed by atoms with Gasteiger partial charge in [0.1, 0.15) is 5.76 Å². The molecular weight excluding hydrogens is 430 g/mol. The third-order valence-electron chi connectivity index (χ3n) is 5.53.